The molecule has 0 atom stereocenters. The minimum absolute atomic E-state index is 0.568. The standard InChI is InChI=1S/C15H22O/c1-6-13(11(2)3)10-14-7-8-15(16-5)9-12(14)4/h6,9-11H,4,7-8H2,1-3,5H3/b13-6+,14-10-. The van der Waals surface area contributed by atoms with Crippen LogP contribution in [0.1, 0.15) is 33.6 Å². The molecule has 0 aromatic heterocycles. The summed E-state index contributed by atoms with van der Waals surface area (Å²) in [6.45, 7) is 10.6. The summed E-state index contributed by atoms with van der Waals surface area (Å²) in [7, 11) is 1.72. The molecule has 0 saturated carbocycles. The minimum Gasteiger partial charge on any atom is -0.501 e. The fourth-order valence-corrected chi connectivity index (χ4v) is 1.89. The Labute approximate surface area is 99.2 Å². The zero-order valence-corrected chi connectivity index (χ0v) is 10.8. The predicted octanol–water partition coefficient (Wildman–Crippen LogP) is 4.40. The van der Waals surface area contributed by atoms with Crippen molar-refractivity contribution in [2.24, 2.45) is 5.92 Å². The SMILES string of the molecule is C=C1C=C(OC)CC/C1=C/C(=C\C)C(C)C. The molecular weight excluding hydrogens is 196 g/mol. The summed E-state index contributed by atoms with van der Waals surface area (Å²) in [4.78, 5) is 0. The summed E-state index contributed by atoms with van der Waals surface area (Å²) in [5.74, 6) is 1.60. The highest BCUT2D eigenvalue weighted by molar-refractivity contribution is 5.45. The van der Waals surface area contributed by atoms with Gasteiger partial charge >= 0.3 is 0 Å². The number of ether oxygens (including phenoxy) is 1. The van der Waals surface area contributed by atoms with E-state index in [-0.39, 0.29) is 0 Å². The molecule has 0 saturated heterocycles. The highest BCUT2D eigenvalue weighted by atomic mass is 16.5. The van der Waals surface area contributed by atoms with Crippen molar-refractivity contribution >= 4 is 0 Å². The van der Waals surface area contributed by atoms with E-state index in [0.717, 1.165) is 24.2 Å². The van der Waals surface area contributed by atoms with E-state index in [4.69, 9.17) is 4.74 Å². The van der Waals surface area contributed by atoms with Gasteiger partial charge < -0.3 is 4.74 Å². The molecule has 0 fully saturated rings. The Kier molecular flexibility index (Phi) is 4.60. The van der Waals surface area contributed by atoms with Crippen LogP contribution >= 0.6 is 0 Å². The highest BCUT2D eigenvalue weighted by Crippen LogP contribution is 2.28. The van der Waals surface area contributed by atoms with Gasteiger partial charge in [0.25, 0.3) is 0 Å². The topological polar surface area (TPSA) is 9.23 Å². The molecule has 1 rings (SSSR count). The molecule has 16 heavy (non-hydrogen) atoms. The number of methoxy groups -OCH3 is 1. The van der Waals surface area contributed by atoms with Gasteiger partial charge in [-0.1, -0.05) is 32.6 Å². The van der Waals surface area contributed by atoms with Crippen LogP contribution in [0.4, 0.5) is 0 Å². The van der Waals surface area contributed by atoms with Crippen LogP contribution in [0.3, 0.4) is 0 Å². The zero-order chi connectivity index (χ0) is 12.1. The molecule has 0 bridgehead atoms. The second-order valence-electron chi connectivity index (χ2n) is 4.45. The van der Waals surface area contributed by atoms with E-state index in [2.05, 4.69) is 39.5 Å². The van der Waals surface area contributed by atoms with Crippen molar-refractivity contribution in [1.29, 1.82) is 0 Å². The Hall–Kier alpha value is -1.24. The quantitative estimate of drug-likeness (QED) is 0.682. The Bertz CT molecular complexity index is 354. The third-order valence-electron chi connectivity index (χ3n) is 2.99. The van der Waals surface area contributed by atoms with E-state index in [1.54, 1.807) is 7.11 Å². The van der Waals surface area contributed by atoms with Crippen molar-refractivity contribution < 1.29 is 4.74 Å². The summed E-state index contributed by atoms with van der Waals surface area (Å²) in [5, 5.41) is 0. The summed E-state index contributed by atoms with van der Waals surface area (Å²) in [5.41, 5.74) is 3.80. The van der Waals surface area contributed by atoms with Gasteiger partial charge in [0.1, 0.15) is 0 Å². The van der Waals surface area contributed by atoms with Gasteiger partial charge in [-0.3, -0.25) is 0 Å². The van der Waals surface area contributed by atoms with Gasteiger partial charge in [0.05, 0.1) is 12.9 Å². The largest absolute Gasteiger partial charge is 0.501 e. The zero-order valence-electron chi connectivity index (χ0n) is 10.8. The van der Waals surface area contributed by atoms with Crippen molar-refractivity contribution in [2.75, 3.05) is 7.11 Å². The summed E-state index contributed by atoms with van der Waals surface area (Å²) >= 11 is 0. The number of hydrogen-bond donors (Lipinski definition) is 0. The molecule has 0 aromatic carbocycles. The van der Waals surface area contributed by atoms with Crippen LogP contribution in [0, 0.1) is 5.92 Å². The lowest BCUT2D eigenvalue weighted by atomic mass is 9.91. The maximum Gasteiger partial charge on any atom is 0.0964 e. The molecule has 88 valence electrons. The van der Waals surface area contributed by atoms with Gasteiger partial charge in [0, 0.05) is 6.42 Å². The first kappa shape index (κ1) is 12.8. The Morgan fingerprint density at radius 2 is 2.12 bits per heavy atom. The number of rotatable bonds is 3. The van der Waals surface area contributed by atoms with E-state index < -0.39 is 0 Å². The number of hydrogen-bond acceptors (Lipinski definition) is 1. The van der Waals surface area contributed by atoms with Crippen LogP contribution in [-0.2, 0) is 4.74 Å². The Balaban J connectivity index is 2.88. The van der Waals surface area contributed by atoms with E-state index in [9.17, 15) is 0 Å². The monoisotopic (exact) mass is 218 g/mol. The van der Waals surface area contributed by atoms with Crippen molar-refractivity contribution in [3.63, 3.8) is 0 Å². The van der Waals surface area contributed by atoms with Crippen molar-refractivity contribution in [2.45, 2.75) is 33.6 Å². The van der Waals surface area contributed by atoms with Gasteiger partial charge in [0.2, 0.25) is 0 Å². The van der Waals surface area contributed by atoms with Gasteiger partial charge in [0.15, 0.2) is 0 Å². The van der Waals surface area contributed by atoms with E-state index in [1.807, 2.05) is 6.08 Å². The first-order chi connectivity index (χ1) is 7.58. The van der Waals surface area contributed by atoms with Crippen LogP contribution in [0.5, 0.6) is 0 Å². The van der Waals surface area contributed by atoms with Gasteiger partial charge in [-0.05, 0) is 42.1 Å². The first-order valence-corrected chi connectivity index (χ1v) is 5.89. The van der Waals surface area contributed by atoms with E-state index in [1.165, 1.54) is 11.1 Å². The lowest BCUT2D eigenvalue weighted by molar-refractivity contribution is 0.275. The van der Waals surface area contributed by atoms with Crippen LogP contribution in [0.15, 0.2) is 47.3 Å². The molecule has 0 unspecified atom stereocenters. The third kappa shape index (κ3) is 3.13. The molecule has 0 spiro atoms. The second-order valence-corrected chi connectivity index (χ2v) is 4.45. The summed E-state index contributed by atoms with van der Waals surface area (Å²) < 4.78 is 5.25. The van der Waals surface area contributed by atoms with Crippen molar-refractivity contribution in [1.82, 2.24) is 0 Å². The number of allylic oxidation sites excluding steroid dienone is 7. The molecule has 0 aromatic rings. The van der Waals surface area contributed by atoms with Gasteiger partial charge in [-0.25, -0.2) is 0 Å². The highest BCUT2D eigenvalue weighted by Gasteiger charge is 2.12. The molecule has 0 N–H and O–H groups in total. The molecule has 1 aliphatic rings. The molecule has 0 amide bonds. The smallest absolute Gasteiger partial charge is 0.0964 e. The van der Waals surface area contributed by atoms with Crippen molar-refractivity contribution in [3.05, 3.63) is 47.3 Å². The van der Waals surface area contributed by atoms with E-state index in [0.29, 0.717) is 5.92 Å². The minimum atomic E-state index is 0.568. The summed E-state index contributed by atoms with van der Waals surface area (Å²) in [6.07, 6.45) is 8.51. The average Bonchev–Trinajstić information content (AvgIpc) is 2.26. The predicted molar refractivity (Wildman–Crippen MR) is 70.1 cm³/mol. The van der Waals surface area contributed by atoms with Crippen LogP contribution in [-0.4, -0.2) is 7.11 Å². The van der Waals surface area contributed by atoms with Crippen molar-refractivity contribution in [3.8, 4) is 0 Å². The fourth-order valence-electron chi connectivity index (χ4n) is 1.89. The fraction of sp³-hybridized carbons (Fsp3) is 0.467. The second kappa shape index (κ2) is 5.74. The summed E-state index contributed by atoms with van der Waals surface area (Å²) in [6, 6.07) is 0. The van der Waals surface area contributed by atoms with E-state index >= 15 is 0 Å². The van der Waals surface area contributed by atoms with Crippen LogP contribution in [0.2, 0.25) is 0 Å². The van der Waals surface area contributed by atoms with Crippen LogP contribution in [0.25, 0.3) is 0 Å². The molecule has 1 heteroatoms. The lowest BCUT2D eigenvalue weighted by Gasteiger charge is -2.18. The average molecular weight is 218 g/mol. The Morgan fingerprint density at radius 1 is 1.44 bits per heavy atom. The molecule has 0 radical (unpaired) electrons. The lowest BCUT2D eigenvalue weighted by Crippen LogP contribution is -2.01. The van der Waals surface area contributed by atoms with Crippen LogP contribution < -0.4 is 0 Å². The first-order valence-electron chi connectivity index (χ1n) is 5.89. The normalized spacial score (nSPS) is 20.3. The Morgan fingerprint density at radius 3 is 2.56 bits per heavy atom. The maximum atomic E-state index is 5.25. The molecular formula is C15H22O. The van der Waals surface area contributed by atoms with Gasteiger partial charge in [-0.2, -0.15) is 0 Å². The molecule has 0 aliphatic heterocycles. The maximum absolute atomic E-state index is 5.25. The third-order valence-corrected chi connectivity index (χ3v) is 2.99. The molecule has 0 heterocycles. The molecule has 1 aliphatic carbocycles. The molecule has 1 nitrogen and oxygen atoms in total. The van der Waals surface area contributed by atoms with Gasteiger partial charge in [-0.15, -0.1) is 0 Å².